The molecule has 3 saturated heterocycles. The number of carbonyl (C=O) groups excluding carboxylic acids is 1. The van der Waals surface area contributed by atoms with Gasteiger partial charge >= 0.3 is 0 Å². The molecule has 4 nitrogen and oxygen atoms in total. The van der Waals surface area contributed by atoms with E-state index in [1.807, 2.05) is 0 Å². The van der Waals surface area contributed by atoms with E-state index in [0.29, 0.717) is 12.0 Å². The summed E-state index contributed by atoms with van der Waals surface area (Å²) in [5.74, 6) is 0.378. The third-order valence-corrected chi connectivity index (χ3v) is 4.16. The maximum Gasteiger partial charge on any atom is 0.239 e. The van der Waals surface area contributed by atoms with Crippen LogP contribution in [-0.2, 0) is 9.53 Å². The summed E-state index contributed by atoms with van der Waals surface area (Å²) in [7, 11) is 0. The van der Waals surface area contributed by atoms with Gasteiger partial charge in [0.15, 0.2) is 0 Å². The zero-order chi connectivity index (χ0) is 11.7. The van der Waals surface area contributed by atoms with Crippen LogP contribution in [0.4, 0.5) is 0 Å². The zero-order valence-corrected chi connectivity index (χ0v) is 10.4. The Balaban J connectivity index is 1.62. The Morgan fingerprint density at radius 2 is 1.82 bits per heavy atom. The molecule has 0 aliphatic carbocycles. The third kappa shape index (κ3) is 2.63. The average molecular weight is 238 g/mol. The summed E-state index contributed by atoms with van der Waals surface area (Å²) in [6, 6.07) is 0.144. The van der Waals surface area contributed by atoms with Gasteiger partial charge in [0.2, 0.25) is 5.91 Å². The van der Waals surface area contributed by atoms with Gasteiger partial charge in [-0.3, -0.25) is 9.69 Å². The molecule has 0 saturated carbocycles. The molecule has 0 radical (unpaired) electrons. The van der Waals surface area contributed by atoms with Crippen LogP contribution in [0.1, 0.15) is 32.1 Å². The smallest absolute Gasteiger partial charge is 0.239 e. The summed E-state index contributed by atoms with van der Waals surface area (Å²) in [5.41, 5.74) is 0. The van der Waals surface area contributed by atoms with Gasteiger partial charge in [-0.25, -0.2) is 0 Å². The molecule has 3 fully saturated rings. The van der Waals surface area contributed by atoms with Crippen LogP contribution in [0, 0.1) is 0 Å². The zero-order valence-electron chi connectivity index (χ0n) is 10.4. The number of epoxide rings is 1. The van der Waals surface area contributed by atoms with Gasteiger partial charge in [0.1, 0.15) is 0 Å². The number of hydrogen-bond donors (Lipinski definition) is 0. The summed E-state index contributed by atoms with van der Waals surface area (Å²) in [6.45, 7) is 4.88. The van der Waals surface area contributed by atoms with Gasteiger partial charge in [0.25, 0.3) is 0 Å². The molecular formula is C13H22N2O2. The Kier molecular flexibility index (Phi) is 3.34. The number of ether oxygens (including phenoxy) is 1. The SMILES string of the molecule is O=C([C@@H]1CCCCN1C[C@H]1CO1)N1CCCC1. The van der Waals surface area contributed by atoms with Crippen molar-refractivity contribution in [2.75, 3.05) is 32.8 Å². The average Bonchev–Trinajstić information content (AvgIpc) is 3.00. The molecule has 17 heavy (non-hydrogen) atoms. The molecule has 2 atom stereocenters. The van der Waals surface area contributed by atoms with Crippen molar-refractivity contribution in [1.29, 1.82) is 0 Å². The second kappa shape index (κ2) is 4.94. The summed E-state index contributed by atoms with van der Waals surface area (Å²) in [5, 5.41) is 0. The quantitative estimate of drug-likeness (QED) is 0.684. The van der Waals surface area contributed by atoms with Crippen molar-refractivity contribution in [1.82, 2.24) is 9.80 Å². The van der Waals surface area contributed by atoms with Crippen molar-refractivity contribution in [3.05, 3.63) is 0 Å². The van der Waals surface area contributed by atoms with Crippen LogP contribution in [0.15, 0.2) is 0 Å². The number of carbonyl (C=O) groups is 1. The van der Waals surface area contributed by atoms with E-state index in [4.69, 9.17) is 4.74 Å². The number of hydrogen-bond acceptors (Lipinski definition) is 3. The van der Waals surface area contributed by atoms with Crippen molar-refractivity contribution in [3.63, 3.8) is 0 Å². The molecule has 3 aliphatic heterocycles. The van der Waals surface area contributed by atoms with Gasteiger partial charge in [-0.1, -0.05) is 6.42 Å². The van der Waals surface area contributed by atoms with Crippen LogP contribution in [-0.4, -0.2) is 60.6 Å². The third-order valence-electron chi connectivity index (χ3n) is 4.16. The standard InChI is InChI=1S/C13H22N2O2/c16-13(14-6-3-4-7-14)12-5-1-2-8-15(12)9-11-10-17-11/h11-12H,1-10H2/t11-,12-/m0/s1. The lowest BCUT2D eigenvalue weighted by atomic mass is 10.0. The van der Waals surface area contributed by atoms with Gasteiger partial charge in [-0.2, -0.15) is 0 Å². The number of amides is 1. The van der Waals surface area contributed by atoms with Crippen molar-refractivity contribution < 1.29 is 9.53 Å². The fourth-order valence-corrected chi connectivity index (χ4v) is 3.07. The Morgan fingerprint density at radius 3 is 2.53 bits per heavy atom. The van der Waals surface area contributed by atoms with Gasteiger partial charge < -0.3 is 9.64 Å². The predicted molar refractivity (Wildman–Crippen MR) is 64.8 cm³/mol. The summed E-state index contributed by atoms with van der Waals surface area (Å²) in [6.07, 6.45) is 6.25. The fourth-order valence-electron chi connectivity index (χ4n) is 3.07. The first-order valence-corrected chi connectivity index (χ1v) is 6.99. The van der Waals surface area contributed by atoms with Crippen LogP contribution in [0.3, 0.4) is 0 Å². The van der Waals surface area contributed by atoms with Gasteiger partial charge in [-0.05, 0) is 32.2 Å². The van der Waals surface area contributed by atoms with E-state index in [2.05, 4.69) is 9.80 Å². The van der Waals surface area contributed by atoms with Gasteiger partial charge in [0, 0.05) is 19.6 Å². The minimum atomic E-state index is 0.144. The first-order valence-electron chi connectivity index (χ1n) is 6.99. The highest BCUT2D eigenvalue weighted by Crippen LogP contribution is 2.23. The Bertz CT molecular complexity index is 285. The number of likely N-dealkylation sites (tertiary alicyclic amines) is 2. The fraction of sp³-hybridized carbons (Fsp3) is 0.923. The molecular weight excluding hydrogens is 216 g/mol. The molecule has 3 aliphatic rings. The van der Waals surface area contributed by atoms with E-state index in [9.17, 15) is 4.79 Å². The Labute approximate surface area is 103 Å². The molecule has 0 spiro atoms. The van der Waals surface area contributed by atoms with Crippen LogP contribution < -0.4 is 0 Å². The van der Waals surface area contributed by atoms with E-state index >= 15 is 0 Å². The minimum Gasteiger partial charge on any atom is -0.372 e. The van der Waals surface area contributed by atoms with Crippen LogP contribution in [0.5, 0.6) is 0 Å². The second-order valence-electron chi connectivity index (χ2n) is 5.49. The molecule has 0 unspecified atom stereocenters. The highest BCUT2D eigenvalue weighted by Gasteiger charge is 2.36. The Hall–Kier alpha value is -0.610. The summed E-state index contributed by atoms with van der Waals surface area (Å²) in [4.78, 5) is 16.9. The summed E-state index contributed by atoms with van der Waals surface area (Å²) < 4.78 is 5.30. The minimum absolute atomic E-state index is 0.144. The molecule has 3 rings (SSSR count). The molecule has 1 amide bonds. The molecule has 0 aromatic carbocycles. The lowest BCUT2D eigenvalue weighted by Gasteiger charge is -2.36. The van der Waals surface area contributed by atoms with Gasteiger partial charge in [-0.15, -0.1) is 0 Å². The molecule has 0 bridgehead atoms. The first-order chi connectivity index (χ1) is 8.34. The van der Waals surface area contributed by atoms with Crippen LogP contribution in [0.25, 0.3) is 0 Å². The molecule has 96 valence electrons. The molecule has 3 heterocycles. The maximum absolute atomic E-state index is 12.5. The summed E-state index contributed by atoms with van der Waals surface area (Å²) >= 11 is 0. The molecule has 0 aromatic rings. The maximum atomic E-state index is 12.5. The van der Waals surface area contributed by atoms with E-state index in [1.54, 1.807) is 0 Å². The van der Waals surface area contributed by atoms with Crippen molar-refractivity contribution in [2.24, 2.45) is 0 Å². The lowest BCUT2D eigenvalue weighted by Crippen LogP contribution is -2.51. The first kappa shape index (κ1) is 11.5. The highest BCUT2D eigenvalue weighted by molar-refractivity contribution is 5.82. The largest absolute Gasteiger partial charge is 0.372 e. The van der Waals surface area contributed by atoms with Crippen LogP contribution in [0.2, 0.25) is 0 Å². The van der Waals surface area contributed by atoms with Crippen molar-refractivity contribution in [2.45, 2.75) is 44.2 Å². The monoisotopic (exact) mass is 238 g/mol. The topological polar surface area (TPSA) is 36.1 Å². The number of piperidine rings is 1. The van der Waals surface area contributed by atoms with E-state index < -0.39 is 0 Å². The second-order valence-corrected chi connectivity index (χ2v) is 5.49. The van der Waals surface area contributed by atoms with Crippen LogP contribution >= 0.6 is 0 Å². The normalized spacial score (nSPS) is 34.0. The molecule has 0 N–H and O–H groups in total. The lowest BCUT2D eigenvalue weighted by molar-refractivity contribution is -0.137. The van der Waals surface area contributed by atoms with E-state index in [0.717, 1.165) is 39.2 Å². The Morgan fingerprint density at radius 1 is 1.12 bits per heavy atom. The molecule has 0 aromatic heterocycles. The number of nitrogens with zero attached hydrogens (tertiary/aromatic N) is 2. The van der Waals surface area contributed by atoms with E-state index in [-0.39, 0.29) is 6.04 Å². The van der Waals surface area contributed by atoms with Crippen molar-refractivity contribution >= 4 is 5.91 Å². The molecule has 4 heteroatoms. The predicted octanol–water partition coefficient (Wildman–Crippen LogP) is 0.862. The van der Waals surface area contributed by atoms with E-state index in [1.165, 1.54) is 25.7 Å². The highest BCUT2D eigenvalue weighted by atomic mass is 16.6. The van der Waals surface area contributed by atoms with Gasteiger partial charge in [0.05, 0.1) is 18.8 Å². The number of rotatable bonds is 3. The van der Waals surface area contributed by atoms with Crippen molar-refractivity contribution in [3.8, 4) is 0 Å².